The van der Waals surface area contributed by atoms with Crippen LogP contribution in [0.25, 0.3) is 0 Å². The van der Waals surface area contributed by atoms with E-state index in [-0.39, 0.29) is 60.4 Å². The number of phenolic OH excluding ortho intramolecular Hbond substituents is 1. The Morgan fingerprint density at radius 3 is 2.27 bits per heavy atom. The largest absolute Gasteiger partial charge is 0.502 e. The van der Waals surface area contributed by atoms with Crippen LogP contribution in [0.15, 0.2) is 24.3 Å². The van der Waals surface area contributed by atoms with Gasteiger partial charge in [-0.3, -0.25) is 9.59 Å². The number of benzene rings is 2. The molecule has 2 aromatic rings. The van der Waals surface area contributed by atoms with Crippen LogP contribution in [-0.2, 0) is 14.3 Å². The summed E-state index contributed by atoms with van der Waals surface area (Å²) in [5.74, 6) is -0.424. The average Bonchev–Trinajstić information content (AvgIpc) is 3.56. The first-order chi connectivity index (χ1) is 19.2. The highest BCUT2D eigenvalue weighted by Crippen LogP contribution is 2.55. The van der Waals surface area contributed by atoms with Gasteiger partial charge in [0.2, 0.25) is 18.4 Å². The Bertz CT molecular complexity index is 1270. The van der Waals surface area contributed by atoms with E-state index < -0.39 is 17.9 Å². The summed E-state index contributed by atoms with van der Waals surface area (Å²) in [7, 11) is 6.94. The Morgan fingerprint density at radius 1 is 1.07 bits per heavy atom. The zero-order valence-electron chi connectivity index (χ0n) is 23.9. The number of esters is 1. The molecule has 2 N–H and O–H groups in total. The predicted molar refractivity (Wildman–Crippen MR) is 146 cm³/mol. The van der Waals surface area contributed by atoms with Gasteiger partial charge in [-0.15, -0.1) is 0 Å². The second kappa shape index (κ2) is 11.1. The van der Waals surface area contributed by atoms with Gasteiger partial charge in [0, 0.05) is 23.8 Å². The van der Waals surface area contributed by atoms with Crippen LogP contribution >= 0.6 is 0 Å². The third-order valence-corrected chi connectivity index (χ3v) is 8.72. The molecular weight excluding hydrogens is 516 g/mol. The fourth-order valence-corrected chi connectivity index (χ4v) is 6.19. The highest BCUT2D eigenvalue weighted by Gasteiger charge is 2.53. The molecule has 6 atom stereocenters. The van der Waals surface area contributed by atoms with Crippen LogP contribution in [0.1, 0.15) is 55.3 Å². The smallest absolute Gasteiger partial charge is 0.310 e. The number of amides is 1. The van der Waals surface area contributed by atoms with Gasteiger partial charge in [-0.1, -0.05) is 6.92 Å². The van der Waals surface area contributed by atoms with Gasteiger partial charge >= 0.3 is 5.97 Å². The van der Waals surface area contributed by atoms with Crippen LogP contribution < -0.4 is 24.3 Å². The van der Waals surface area contributed by atoms with Gasteiger partial charge in [0.15, 0.2) is 23.0 Å². The third kappa shape index (κ3) is 4.78. The van der Waals surface area contributed by atoms with Gasteiger partial charge in [-0.25, -0.2) is 0 Å². The van der Waals surface area contributed by atoms with E-state index in [2.05, 4.69) is 17.1 Å². The van der Waals surface area contributed by atoms with Crippen LogP contribution in [-0.4, -0.2) is 69.6 Å². The van der Waals surface area contributed by atoms with E-state index in [0.717, 1.165) is 23.1 Å². The number of nitrogens with zero attached hydrogens (tertiary/aromatic N) is 1. The van der Waals surface area contributed by atoms with Crippen LogP contribution in [0.4, 0.5) is 0 Å². The first-order valence-electron chi connectivity index (χ1n) is 13.7. The molecule has 1 amide bonds. The van der Waals surface area contributed by atoms with Gasteiger partial charge in [0.1, 0.15) is 0 Å². The number of nitrogens with one attached hydrogen (secondary N) is 1. The fourth-order valence-electron chi connectivity index (χ4n) is 6.19. The maximum atomic E-state index is 13.7. The lowest BCUT2D eigenvalue weighted by atomic mass is 9.65. The van der Waals surface area contributed by atoms with E-state index in [0.29, 0.717) is 17.9 Å². The molecule has 2 aliphatic heterocycles. The average molecular weight is 555 g/mol. The molecule has 1 fully saturated rings. The maximum Gasteiger partial charge on any atom is 0.310 e. The van der Waals surface area contributed by atoms with Crippen molar-refractivity contribution in [2.45, 2.75) is 44.7 Å². The summed E-state index contributed by atoms with van der Waals surface area (Å²) < 4.78 is 27.9. The van der Waals surface area contributed by atoms with Gasteiger partial charge in [-0.05, 0) is 74.8 Å². The molecule has 0 spiro atoms. The number of ether oxygens (including phenoxy) is 5. The Labute approximate surface area is 234 Å². The van der Waals surface area contributed by atoms with Crippen LogP contribution in [0.2, 0.25) is 0 Å². The molecule has 0 bridgehead atoms. The molecule has 0 radical (unpaired) electrons. The van der Waals surface area contributed by atoms with Gasteiger partial charge in [-0.2, -0.15) is 0 Å². The highest BCUT2D eigenvalue weighted by molar-refractivity contribution is 5.82. The summed E-state index contributed by atoms with van der Waals surface area (Å²) in [5.41, 5.74) is 2.39. The number of fused-ring (bicyclic) bond motifs is 3. The quantitative estimate of drug-likeness (QED) is 0.449. The molecule has 6 unspecified atom stereocenters. The van der Waals surface area contributed by atoms with E-state index >= 15 is 0 Å². The van der Waals surface area contributed by atoms with Crippen molar-refractivity contribution in [1.29, 1.82) is 0 Å². The topological polar surface area (TPSA) is 116 Å². The minimum atomic E-state index is -0.585. The van der Waals surface area contributed by atoms with Crippen molar-refractivity contribution in [3.8, 4) is 28.7 Å². The Balaban J connectivity index is 1.61. The molecule has 1 aliphatic carbocycles. The minimum absolute atomic E-state index is 0.0469. The highest BCUT2D eigenvalue weighted by atomic mass is 16.7. The van der Waals surface area contributed by atoms with Crippen molar-refractivity contribution in [2.75, 3.05) is 41.7 Å². The van der Waals surface area contributed by atoms with Crippen molar-refractivity contribution in [1.82, 2.24) is 10.2 Å². The number of aromatic hydroxyl groups is 1. The lowest BCUT2D eigenvalue weighted by molar-refractivity contribution is -0.141. The van der Waals surface area contributed by atoms with E-state index in [1.807, 2.05) is 33.2 Å². The van der Waals surface area contributed by atoms with Gasteiger partial charge < -0.3 is 39.0 Å². The fraction of sp³-hybridized carbons (Fsp3) is 0.533. The molecule has 2 aromatic carbocycles. The zero-order chi connectivity index (χ0) is 28.7. The molecule has 1 saturated heterocycles. The summed E-state index contributed by atoms with van der Waals surface area (Å²) in [4.78, 5) is 29.2. The van der Waals surface area contributed by atoms with Crippen molar-refractivity contribution < 1.29 is 38.4 Å². The molecule has 5 rings (SSSR count). The Hall–Kier alpha value is -3.66. The molecule has 2 heterocycles. The van der Waals surface area contributed by atoms with E-state index in [1.54, 1.807) is 12.1 Å². The molecular formula is C30H38N2O8. The molecule has 10 nitrogen and oxygen atoms in total. The second-order valence-electron chi connectivity index (χ2n) is 11.0. The minimum Gasteiger partial charge on any atom is -0.502 e. The number of methoxy groups -OCH3 is 2. The summed E-state index contributed by atoms with van der Waals surface area (Å²) in [6.45, 7) is 4.40. The summed E-state index contributed by atoms with van der Waals surface area (Å²) in [6, 6.07) is 7.00. The predicted octanol–water partition coefficient (Wildman–Crippen LogP) is 3.60. The zero-order valence-corrected chi connectivity index (χ0v) is 23.9. The number of carbonyl (C=O) groups is 2. The Kier molecular flexibility index (Phi) is 7.72. The van der Waals surface area contributed by atoms with Crippen LogP contribution in [0.3, 0.4) is 0 Å². The molecule has 3 aliphatic rings. The van der Waals surface area contributed by atoms with Gasteiger partial charge in [0.05, 0.1) is 32.8 Å². The number of cyclic esters (lactones) is 1. The first kappa shape index (κ1) is 27.9. The summed E-state index contributed by atoms with van der Waals surface area (Å²) in [5, 5.41) is 13.9. The van der Waals surface area contributed by atoms with Crippen molar-refractivity contribution in [2.24, 2.45) is 17.8 Å². The molecule has 10 heteroatoms. The lowest BCUT2D eigenvalue weighted by Gasteiger charge is -2.40. The summed E-state index contributed by atoms with van der Waals surface area (Å²) >= 11 is 0. The number of hydrogen-bond donors (Lipinski definition) is 2. The van der Waals surface area contributed by atoms with Crippen molar-refractivity contribution in [3.63, 3.8) is 0 Å². The lowest BCUT2D eigenvalue weighted by Crippen LogP contribution is -2.45. The van der Waals surface area contributed by atoms with E-state index in [9.17, 15) is 14.7 Å². The molecule has 0 aromatic heterocycles. The van der Waals surface area contributed by atoms with Gasteiger partial charge in [0.25, 0.3) is 0 Å². The molecule has 40 heavy (non-hydrogen) atoms. The number of hydrogen-bond acceptors (Lipinski definition) is 9. The van der Waals surface area contributed by atoms with Crippen LogP contribution in [0, 0.1) is 17.8 Å². The normalized spacial score (nSPS) is 24.1. The Morgan fingerprint density at radius 2 is 1.70 bits per heavy atom. The third-order valence-electron chi connectivity index (χ3n) is 8.72. The van der Waals surface area contributed by atoms with Crippen molar-refractivity contribution in [3.05, 3.63) is 41.0 Å². The van der Waals surface area contributed by atoms with Crippen molar-refractivity contribution >= 4 is 11.9 Å². The van der Waals surface area contributed by atoms with E-state index in [4.69, 9.17) is 23.7 Å². The molecule has 0 saturated carbocycles. The first-order valence-corrected chi connectivity index (χ1v) is 13.7. The molecule has 216 valence electrons. The number of phenols is 1. The summed E-state index contributed by atoms with van der Waals surface area (Å²) in [6.07, 6.45) is 1.42. The standard InChI is InChI=1S/C30H38N2O8/c1-7-16(8-15(2)32(3)4)29(34)31-27-19-12-22-21(39-14-40-22)11-18(19)25(26-20(27)13-38-30(26)35)17-9-23(36-5)28(33)24(10-17)37-6/h9-12,15-16,20,25-27,33H,7-8,13-14H2,1-6H3,(H,31,34). The monoisotopic (exact) mass is 554 g/mol. The SMILES string of the molecule is CCC(CC(C)N(C)C)C(=O)NC1c2cc3c(cc2C(c2cc(OC)c(O)c(OC)c2)C2C(=O)OCC12)OCO3. The number of rotatable bonds is 9. The second-order valence-corrected chi connectivity index (χ2v) is 11.0. The maximum absolute atomic E-state index is 13.7. The number of carbonyl (C=O) groups excluding carboxylic acids is 2. The van der Waals surface area contributed by atoms with Crippen LogP contribution in [0.5, 0.6) is 28.7 Å². The van der Waals surface area contributed by atoms with E-state index in [1.165, 1.54) is 14.2 Å².